The van der Waals surface area contributed by atoms with Crippen molar-refractivity contribution in [2.75, 3.05) is 45.4 Å². The van der Waals surface area contributed by atoms with Crippen LogP contribution in [0.5, 0.6) is 0 Å². The number of nitrogens with zero attached hydrogens (tertiary/aromatic N) is 2. The summed E-state index contributed by atoms with van der Waals surface area (Å²) in [5, 5.41) is 3.34. The first kappa shape index (κ1) is 15.3. The van der Waals surface area contributed by atoms with Crippen molar-refractivity contribution in [3.63, 3.8) is 0 Å². The van der Waals surface area contributed by atoms with Crippen molar-refractivity contribution >= 4 is 5.95 Å². The number of aromatic nitrogens is 2. The van der Waals surface area contributed by atoms with Gasteiger partial charge in [-0.2, -0.15) is 0 Å². The largest absolute Gasteiger partial charge is 0.382 e. The second-order valence-corrected chi connectivity index (χ2v) is 5.05. The Morgan fingerprint density at radius 3 is 3.15 bits per heavy atom. The van der Waals surface area contributed by atoms with E-state index in [2.05, 4.69) is 14.9 Å². The molecule has 2 rings (SSSR count). The lowest BCUT2D eigenvalue weighted by Crippen LogP contribution is -2.37. The van der Waals surface area contributed by atoms with Gasteiger partial charge in [0.05, 0.1) is 13.2 Å². The quantitative estimate of drug-likeness (QED) is 0.696. The van der Waals surface area contributed by atoms with Gasteiger partial charge in [0.1, 0.15) is 5.60 Å². The monoisotopic (exact) mass is 283 g/mol. The maximum absolute atomic E-state index is 5.66. The molecule has 0 radical (unpaired) electrons. The van der Waals surface area contributed by atoms with Gasteiger partial charge in [0.25, 0.3) is 0 Å². The first-order chi connectivity index (χ1) is 9.79. The molecule has 1 aromatic rings. The second-order valence-electron chi connectivity index (χ2n) is 5.05. The number of methoxy groups -OCH3 is 1. The van der Waals surface area contributed by atoms with E-state index < -0.39 is 0 Å². The maximum atomic E-state index is 5.66. The van der Waals surface area contributed by atoms with E-state index in [4.69, 9.17) is 14.2 Å². The summed E-state index contributed by atoms with van der Waals surface area (Å²) in [4.78, 5) is 4.36. The van der Waals surface area contributed by atoms with Gasteiger partial charge in [0.15, 0.2) is 0 Å². The third-order valence-corrected chi connectivity index (χ3v) is 3.63. The molecule has 0 bridgehead atoms. The van der Waals surface area contributed by atoms with E-state index in [1.54, 1.807) is 7.11 Å². The Bertz CT molecular complexity index is 389. The summed E-state index contributed by atoms with van der Waals surface area (Å²) in [5.74, 6) is 0.879. The number of imidazole rings is 1. The summed E-state index contributed by atoms with van der Waals surface area (Å²) in [5.41, 5.74) is -0.220. The van der Waals surface area contributed by atoms with Crippen LogP contribution in [0.3, 0.4) is 0 Å². The van der Waals surface area contributed by atoms with Crippen molar-refractivity contribution in [3.8, 4) is 0 Å². The predicted octanol–water partition coefficient (Wildman–Crippen LogP) is 1.53. The average molecular weight is 283 g/mol. The van der Waals surface area contributed by atoms with E-state index in [0.717, 1.165) is 51.7 Å². The van der Waals surface area contributed by atoms with Gasteiger partial charge in [-0.1, -0.05) is 0 Å². The van der Waals surface area contributed by atoms with Crippen LogP contribution in [0.2, 0.25) is 0 Å². The van der Waals surface area contributed by atoms with E-state index in [0.29, 0.717) is 6.61 Å². The third-order valence-electron chi connectivity index (χ3n) is 3.63. The van der Waals surface area contributed by atoms with Crippen LogP contribution in [0.1, 0.15) is 19.8 Å². The zero-order valence-electron chi connectivity index (χ0n) is 12.4. The first-order valence-electron chi connectivity index (χ1n) is 7.25. The fourth-order valence-corrected chi connectivity index (χ4v) is 2.37. The van der Waals surface area contributed by atoms with Crippen LogP contribution in [0, 0.1) is 0 Å². The van der Waals surface area contributed by atoms with E-state index in [1.807, 2.05) is 19.3 Å². The molecule has 2 heterocycles. The molecule has 0 saturated carbocycles. The molecule has 1 saturated heterocycles. The topological polar surface area (TPSA) is 57.5 Å². The normalized spacial score (nSPS) is 22.3. The number of nitrogens with one attached hydrogen (secondary N) is 1. The van der Waals surface area contributed by atoms with Gasteiger partial charge in [0, 0.05) is 52.3 Å². The lowest BCUT2D eigenvalue weighted by atomic mass is 10.0. The van der Waals surface area contributed by atoms with Gasteiger partial charge in [0.2, 0.25) is 5.95 Å². The lowest BCUT2D eigenvalue weighted by Gasteiger charge is -2.26. The standard InChI is InChI=1S/C14H25N3O3/c1-3-19-9-4-6-15-13-16-7-8-17(13)11-14(18-2)5-10-20-12-14/h7-8H,3-6,9-12H2,1-2H3,(H,15,16). The predicted molar refractivity (Wildman–Crippen MR) is 77.0 cm³/mol. The molecule has 0 aliphatic carbocycles. The zero-order chi connectivity index (χ0) is 14.3. The summed E-state index contributed by atoms with van der Waals surface area (Å²) >= 11 is 0. The fourth-order valence-electron chi connectivity index (χ4n) is 2.37. The summed E-state index contributed by atoms with van der Waals surface area (Å²) in [7, 11) is 1.75. The molecule has 114 valence electrons. The zero-order valence-corrected chi connectivity index (χ0v) is 12.4. The second kappa shape index (κ2) is 7.61. The highest BCUT2D eigenvalue weighted by molar-refractivity contribution is 5.26. The van der Waals surface area contributed by atoms with Crippen LogP contribution in [0.4, 0.5) is 5.95 Å². The molecule has 0 spiro atoms. The van der Waals surface area contributed by atoms with Crippen molar-refractivity contribution in [2.24, 2.45) is 0 Å². The van der Waals surface area contributed by atoms with E-state index >= 15 is 0 Å². The maximum Gasteiger partial charge on any atom is 0.202 e. The summed E-state index contributed by atoms with van der Waals surface area (Å²) in [6.45, 7) is 6.58. The lowest BCUT2D eigenvalue weighted by molar-refractivity contribution is -0.0291. The number of hydrogen-bond acceptors (Lipinski definition) is 5. The molecule has 20 heavy (non-hydrogen) atoms. The minimum absolute atomic E-state index is 0.220. The molecule has 0 aromatic carbocycles. The number of rotatable bonds is 9. The molecule has 6 nitrogen and oxygen atoms in total. The molecule has 1 aliphatic rings. The SMILES string of the molecule is CCOCCCNc1nccn1CC1(OC)CCOC1. The molecular weight excluding hydrogens is 258 g/mol. The molecule has 0 amide bonds. The van der Waals surface area contributed by atoms with Gasteiger partial charge < -0.3 is 24.1 Å². The Morgan fingerprint density at radius 1 is 1.55 bits per heavy atom. The van der Waals surface area contributed by atoms with Crippen molar-refractivity contribution < 1.29 is 14.2 Å². The highest BCUT2D eigenvalue weighted by atomic mass is 16.5. The molecule has 6 heteroatoms. The molecule has 1 aliphatic heterocycles. The van der Waals surface area contributed by atoms with E-state index in [9.17, 15) is 0 Å². The average Bonchev–Trinajstić information content (AvgIpc) is 3.10. The Kier molecular flexibility index (Phi) is 5.82. The van der Waals surface area contributed by atoms with Crippen molar-refractivity contribution in [1.29, 1.82) is 0 Å². The van der Waals surface area contributed by atoms with Gasteiger partial charge in [-0.05, 0) is 13.3 Å². The van der Waals surface area contributed by atoms with Crippen molar-refractivity contribution in [1.82, 2.24) is 9.55 Å². The minimum Gasteiger partial charge on any atom is -0.382 e. The van der Waals surface area contributed by atoms with Gasteiger partial charge >= 0.3 is 0 Å². The third kappa shape index (κ3) is 3.94. The first-order valence-corrected chi connectivity index (χ1v) is 7.25. The molecule has 1 N–H and O–H groups in total. The van der Waals surface area contributed by atoms with Crippen LogP contribution in [-0.4, -0.2) is 55.2 Å². The summed E-state index contributed by atoms with van der Waals surface area (Å²) < 4.78 is 18.5. The Morgan fingerprint density at radius 2 is 2.45 bits per heavy atom. The van der Waals surface area contributed by atoms with Crippen LogP contribution in [0.25, 0.3) is 0 Å². The Hall–Kier alpha value is -1.11. The van der Waals surface area contributed by atoms with Gasteiger partial charge in [-0.15, -0.1) is 0 Å². The van der Waals surface area contributed by atoms with Crippen molar-refractivity contribution in [2.45, 2.75) is 31.9 Å². The smallest absolute Gasteiger partial charge is 0.202 e. The summed E-state index contributed by atoms with van der Waals surface area (Å²) in [6.07, 6.45) is 5.68. The van der Waals surface area contributed by atoms with Gasteiger partial charge in [-0.25, -0.2) is 4.98 Å². The van der Waals surface area contributed by atoms with Crippen LogP contribution < -0.4 is 5.32 Å². The van der Waals surface area contributed by atoms with Crippen LogP contribution in [0.15, 0.2) is 12.4 Å². The number of ether oxygens (including phenoxy) is 3. The summed E-state index contributed by atoms with van der Waals surface area (Å²) in [6, 6.07) is 0. The highest BCUT2D eigenvalue weighted by Crippen LogP contribution is 2.25. The number of hydrogen-bond donors (Lipinski definition) is 1. The molecule has 1 unspecified atom stereocenters. The molecule has 1 aromatic heterocycles. The Balaban J connectivity index is 1.85. The van der Waals surface area contributed by atoms with Gasteiger partial charge in [-0.3, -0.25) is 0 Å². The highest BCUT2D eigenvalue weighted by Gasteiger charge is 2.35. The molecule has 1 atom stereocenters. The molecule has 1 fully saturated rings. The van der Waals surface area contributed by atoms with E-state index in [-0.39, 0.29) is 5.60 Å². The van der Waals surface area contributed by atoms with Crippen LogP contribution in [-0.2, 0) is 20.8 Å². The van der Waals surface area contributed by atoms with E-state index in [1.165, 1.54) is 0 Å². The Labute approximate surface area is 120 Å². The number of anilines is 1. The fraction of sp³-hybridized carbons (Fsp3) is 0.786. The van der Waals surface area contributed by atoms with Crippen LogP contribution >= 0.6 is 0 Å². The minimum atomic E-state index is -0.220. The van der Waals surface area contributed by atoms with Crippen molar-refractivity contribution in [3.05, 3.63) is 12.4 Å². The molecular formula is C14H25N3O3.